The first-order valence-electron chi connectivity index (χ1n) is 7.96. The number of carboxylic acid groups (broad SMARTS) is 1. The summed E-state index contributed by atoms with van der Waals surface area (Å²) in [6, 6.07) is -0.472. The molecule has 22 heavy (non-hydrogen) atoms. The quantitative estimate of drug-likeness (QED) is 0.621. The summed E-state index contributed by atoms with van der Waals surface area (Å²) in [5.41, 5.74) is -0.118. The van der Waals surface area contributed by atoms with Crippen molar-refractivity contribution < 1.29 is 19.4 Å². The van der Waals surface area contributed by atoms with Crippen LogP contribution in [0, 0.1) is 11.3 Å². The highest BCUT2D eigenvalue weighted by molar-refractivity contribution is 6.74. The Hall–Kier alpha value is -0.593. The average Bonchev–Trinajstić information content (AvgIpc) is 2.28. The van der Waals surface area contributed by atoms with Crippen molar-refractivity contribution in [2.24, 2.45) is 11.3 Å². The van der Waals surface area contributed by atoms with Crippen LogP contribution in [0.15, 0.2) is 0 Å². The van der Waals surface area contributed by atoms with Crippen LogP contribution in [-0.2, 0) is 4.43 Å². The highest BCUT2D eigenvalue weighted by Crippen LogP contribution is 2.37. The number of amides is 1. The number of aliphatic hydroxyl groups is 1. The molecule has 5 nitrogen and oxygen atoms in total. The van der Waals surface area contributed by atoms with Crippen LogP contribution in [0.5, 0.6) is 0 Å². The summed E-state index contributed by atoms with van der Waals surface area (Å²) in [6.45, 7) is 17.6. The lowest BCUT2D eigenvalue weighted by atomic mass is 9.74. The predicted molar refractivity (Wildman–Crippen MR) is 92.7 cm³/mol. The van der Waals surface area contributed by atoms with Crippen LogP contribution >= 0.6 is 0 Å². The number of hydrogen-bond acceptors (Lipinski definition) is 3. The first-order chi connectivity index (χ1) is 9.72. The summed E-state index contributed by atoms with van der Waals surface area (Å²) >= 11 is 0. The van der Waals surface area contributed by atoms with Gasteiger partial charge in [-0.05, 0) is 35.9 Å². The third-order valence-corrected chi connectivity index (χ3v) is 9.34. The Morgan fingerprint density at radius 1 is 1.18 bits per heavy atom. The summed E-state index contributed by atoms with van der Waals surface area (Å²) in [5, 5.41) is 21.1. The van der Waals surface area contributed by atoms with E-state index in [1.807, 2.05) is 0 Å². The smallest absolute Gasteiger partial charge is 0.404 e. The second-order valence-corrected chi connectivity index (χ2v) is 13.4. The number of carbonyl (C=O) groups is 1. The molecule has 0 fully saturated rings. The Kier molecular flexibility index (Phi) is 7.58. The van der Waals surface area contributed by atoms with Crippen molar-refractivity contribution in [1.82, 2.24) is 5.32 Å². The maximum absolute atomic E-state index is 10.9. The highest BCUT2D eigenvalue weighted by atomic mass is 28.4. The van der Waals surface area contributed by atoms with E-state index in [1.54, 1.807) is 0 Å². The summed E-state index contributed by atoms with van der Waals surface area (Å²) < 4.78 is 6.20. The first kappa shape index (κ1) is 21.4. The number of aliphatic hydroxyl groups excluding tert-OH is 1. The molecule has 1 unspecified atom stereocenters. The molecule has 0 aliphatic carbocycles. The van der Waals surface area contributed by atoms with Crippen LogP contribution in [0.25, 0.3) is 0 Å². The largest absolute Gasteiger partial charge is 0.465 e. The molecule has 2 atom stereocenters. The fourth-order valence-corrected chi connectivity index (χ4v) is 3.39. The van der Waals surface area contributed by atoms with Crippen LogP contribution in [-0.4, -0.2) is 43.9 Å². The van der Waals surface area contributed by atoms with Gasteiger partial charge < -0.3 is 20.0 Å². The highest BCUT2D eigenvalue weighted by Gasteiger charge is 2.38. The summed E-state index contributed by atoms with van der Waals surface area (Å²) in [7, 11) is -1.81. The molecule has 0 aliphatic heterocycles. The van der Waals surface area contributed by atoms with Gasteiger partial charge in [-0.3, -0.25) is 0 Å². The maximum atomic E-state index is 10.9. The molecule has 3 N–H and O–H groups in total. The molecule has 6 heteroatoms. The van der Waals surface area contributed by atoms with E-state index in [4.69, 9.17) is 9.53 Å². The van der Waals surface area contributed by atoms with Crippen molar-refractivity contribution >= 4 is 14.4 Å². The van der Waals surface area contributed by atoms with Crippen LogP contribution in [0.4, 0.5) is 4.79 Å². The number of rotatable bonds is 7. The van der Waals surface area contributed by atoms with Crippen LogP contribution < -0.4 is 5.32 Å². The molecule has 0 aromatic carbocycles. The van der Waals surface area contributed by atoms with E-state index in [2.05, 4.69) is 60.0 Å². The van der Waals surface area contributed by atoms with E-state index in [-0.39, 0.29) is 23.0 Å². The van der Waals surface area contributed by atoms with E-state index in [9.17, 15) is 9.90 Å². The molecule has 0 aromatic rings. The van der Waals surface area contributed by atoms with E-state index in [0.29, 0.717) is 6.61 Å². The van der Waals surface area contributed by atoms with Crippen LogP contribution in [0.1, 0.15) is 48.0 Å². The third-order valence-electron chi connectivity index (χ3n) is 4.80. The molecule has 0 spiro atoms. The van der Waals surface area contributed by atoms with Crippen molar-refractivity contribution in [1.29, 1.82) is 0 Å². The molecule has 132 valence electrons. The fourth-order valence-electron chi connectivity index (χ4n) is 2.33. The summed E-state index contributed by atoms with van der Waals surface area (Å²) in [5.74, 6) is 0.0124. The molecule has 0 saturated heterocycles. The molecule has 0 radical (unpaired) electrons. The molecule has 0 rings (SSSR count). The van der Waals surface area contributed by atoms with E-state index in [0.717, 1.165) is 6.42 Å². The second-order valence-electron chi connectivity index (χ2n) is 8.61. The van der Waals surface area contributed by atoms with Gasteiger partial charge in [0.25, 0.3) is 0 Å². The van der Waals surface area contributed by atoms with Crippen molar-refractivity contribution in [3.8, 4) is 0 Å². The molecule has 0 aromatic heterocycles. The molecule has 1 amide bonds. The Morgan fingerprint density at radius 2 is 1.68 bits per heavy atom. The molecule has 0 heterocycles. The SMILES string of the molecule is CC(C)(C)[C@@H](CCO[Si](C)(C)C(C)(C)C)C(CO)NC(=O)O. The molecular formula is C16H35NO4Si. The third kappa shape index (κ3) is 6.67. The van der Waals surface area contributed by atoms with Gasteiger partial charge in [0.15, 0.2) is 8.32 Å². The normalized spacial score (nSPS) is 16.2. The van der Waals surface area contributed by atoms with Gasteiger partial charge in [-0.1, -0.05) is 41.5 Å². The van der Waals surface area contributed by atoms with E-state index in [1.165, 1.54) is 0 Å². The maximum Gasteiger partial charge on any atom is 0.404 e. The fraction of sp³-hybridized carbons (Fsp3) is 0.938. The Bertz CT molecular complexity index is 358. The first-order valence-corrected chi connectivity index (χ1v) is 10.9. The minimum Gasteiger partial charge on any atom is -0.465 e. The van der Waals surface area contributed by atoms with Gasteiger partial charge in [0.05, 0.1) is 12.6 Å². The zero-order chi connectivity index (χ0) is 17.8. The molecule has 0 saturated carbocycles. The standard InChI is InChI=1S/C16H35NO4Si/c1-15(2,3)12(13(11-18)17-14(19)20)9-10-21-22(7,8)16(4,5)6/h12-13,17-18H,9-11H2,1-8H3,(H,19,20)/t12-,13?/m0/s1. The van der Waals surface area contributed by atoms with E-state index >= 15 is 0 Å². The van der Waals surface area contributed by atoms with Gasteiger partial charge in [-0.2, -0.15) is 0 Å². The van der Waals surface area contributed by atoms with Crippen molar-refractivity contribution in [3.63, 3.8) is 0 Å². The molecular weight excluding hydrogens is 298 g/mol. The average molecular weight is 334 g/mol. The molecule has 0 bridgehead atoms. The van der Waals surface area contributed by atoms with Gasteiger partial charge in [0.2, 0.25) is 0 Å². The number of hydrogen-bond donors (Lipinski definition) is 3. The summed E-state index contributed by atoms with van der Waals surface area (Å²) in [4.78, 5) is 10.9. The van der Waals surface area contributed by atoms with Crippen molar-refractivity contribution in [3.05, 3.63) is 0 Å². The van der Waals surface area contributed by atoms with Gasteiger partial charge in [0, 0.05) is 6.61 Å². The van der Waals surface area contributed by atoms with Gasteiger partial charge in [-0.25, -0.2) is 4.79 Å². The van der Waals surface area contributed by atoms with Crippen LogP contribution in [0.3, 0.4) is 0 Å². The van der Waals surface area contributed by atoms with Crippen LogP contribution in [0.2, 0.25) is 18.1 Å². The lowest BCUT2D eigenvalue weighted by molar-refractivity contribution is 0.0942. The zero-order valence-electron chi connectivity index (χ0n) is 15.5. The predicted octanol–water partition coefficient (Wildman–Crippen LogP) is 3.69. The van der Waals surface area contributed by atoms with Crippen molar-refractivity contribution in [2.45, 2.75) is 72.1 Å². The zero-order valence-corrected chi connectivity index (χ0v) is 16.5. The lowest BCUT2D eigenvalue weighted by Crippen LogP contribution is -2.48. The topological polar surface area (TPSA) is 78.8 Å². The Balaban J connectivity index is 4.86. The number of nitrogens with one attached hydrogen (secondary N) is 1. The Labute approximate surface area is 136 Å². The minimum absolute atomic E-state index is 0.0124. The van der Waals surface area contributed by atoms with E-state index < -0.39 is 20.5 Å². The minimum atomic E-state index is -1.81. The molecule has 0 aliphatic rings. The van der Waals surface area contributed by atoms with Gasteiger partial charge >= 0.3 is 6.09 Å². The monoisotopic (exact) mass is 333 g/mol. The van der Waals surface area contributed by atoms with Crippen molar-refractivity contribution in [2.75, 3.05) is 13.2 Å². The van der Waals surface area contributed by atoms with Gasteiger partial charge in [-0.15, -0.1) is 0 Å². The summed E-state index contributed by atoms with van der Waals surface area (Å²) in [6.07, 6.45) is -0.375. The Morgan fingerprint density at radius 3 is 2.00 bits per heavy atom. The van der Waals surface area contributed by atoms with Gasteiger partial charge in [0.1, 0.15) is 0 Å². The lowest BCUT2D eigenvalue weighted by Gasteiger charge is -2.39. The second kappa shape index (κ2) is 7.79.